The summed E-state index contributed by atoms with van der Waals surface area (Å²) in [5.74, 6) is -1.07. The molecule has 1 aromatic heterocycles. The molecule has 0 aliphatic rings. The number of urea groups is 1. The number of carboxylic acid groups (broad SMARTS) is 1. The molecular weight excluding hydrogens is 234 g/mol. The highest BCUT2D eigenvalue weighted by Gasteiger charge is 2.15. The lowest BCUT2D eigenvalue weighted by molar-refractivity contribution is -0.137. The third-order valence-electron chi connectivity index (χ3n) is 2.24. The van der Waals surface area contributed by atoms with Crippen molar-refractivity contribution in [3.8, 4) is 0 Å². The van der Waals surface area contributed by atoms with Gasteiger partial charge in [-0.3, -0.25) is 9.78 Å². The van der Waals surface area contributed by atoms with Crippen LogP contribution in [-0.2, 0) is 4.79 Å². The number of aliphatic carboxylic acids is 1. The van der Waals surface area contributed by atoms with Crippen LogP contribution in [0.5, 0.6) is 0 Å². The second kappa shape index (κ2) is 6.39. The van der Waals surface area contributed by atoms with E-state index in [1.807, 2.05) is 6.92 Å². The zero-order valence-corrected chi connectivity index (χ0v) is 10.1. The molecule has 96 valence electrons. The van der Waals surface area contributed by atoms with Crippen LogP contribution >= 0.6 is 0 Å². The van der Waals surface area contributed by atoms with Crippen LogP contribution in [0.15, 0.2) is 31.1 Å². The second-order valence-electron chi connectivity index (χ2n) is 3.68. The molecule has 0 aromatic carbocycles. The van der Waals surface area contributed by atoms with E-state index in [9.17, 15) is 9.59 Å². The number of hydrogen-bond acceptors (Lipinski definition) is 3. The number of hydrogen-bond donors (Lipinski definition) is 2. The minimum atomic E-state index is -1.07. The number of carbonyl (C=O) groups excluding carboxylic acids is 1. The molecule has 6 nitrogen and oxygen atoms in total. The number of rotatable bonds is 5. The van der Waals surface area contributed by atoms with Crippen molar-refractivity contribution in [1.82, 2.24) is 9.88 Å². The van der Waals surface area contributed by atoms with E-state index in [0.717, 1.165) is 10.5 Å². The van der Waals surface area contributed by atoms with Crippen LogP contribution in [0, 0.1) is 6.92 Å². The number of carbonyl (C=O) groups is 2. The van der Waals surface area contributed by atoms with Crippen molar-refractivity contribution in [3.63, 3.8) is 0 Å². The van der Waals surface area contributed by atoms with Crippen LogP contribution in [0.4, 0.5) is 10.5 Å². The maximum Gasteiger partial charge on any atom is 0.323 e. The number of anilines is 1. The lowest BCUT2D eigenvalue weighted by atomic mass is 10.2. The van der Waals surface area contributed by atoms with Crippen LogP contribution < -0.4 is 5.32 Å². The summed E-state index contributed by atoms with van der Waals surface area (Å²) in [4.78, 5) is 27.5. The summed E-state index contributed by atoms with van der Waals surface area (Å²) in [6, 6.07) is 1.26. The van der Waals surface area contributed by atoms with Crippen LogP contribution in [0.1, 0.15) is 5.56 Å². The van der Waals surface area contributed by atoms with Gasteiger partial charge in [-0.25, -0.2) is 4.79 Å². The molecule has 1 rings (SSSR count). The van der Waals surface area contributed by atoms with Crippen molar-refractivity contribution >= 4 is 17.7 Å². The Kier molecular flexibility index (Phi) is 4.86. The fourth-order valence-corrected chi connectivity index (χ4v) is 1.33. The summed E-state index contributed by atoms with van der Waals surface area (Å²) in [5.41, 5.74) is 1.41. The SMILES string of the molecule is C=CCN(CC(=O)O)C(=O)Nc1cnccc1C. The summed E-state index contributed by atoms with van der Waals surface area (Å²) >= 11 is 0. The molecule has 1 heterocycles. The van der Waals surface area contributed by atoms with Crippen molar-refractivity contribution in [2.45, 2.75) is 6.92 Å². The number of aryl methyl sites for hydroxylation is 1. The molecule has 0 aliphatic heterocycles. The fourth-order valence-electron chi connectivity index (χ4n) is 1.33. The van der Waals surface area contributed by atoms with Gasteiger partial charge in [0.1, 0.15) is 6.54 Å². The molecule has 0 spiro atoms. The Morgan fingerprint density at radius 1 is 1.61 bits per heavy atom. The second-order valence-corrected chi connectivity index (χ2v) is 3.68. The summed E-state index contributed by atoms with van der Waals surface area (Å²) in [7, 11) is 0. The third-order valence-corrected chi connectivity index (χ3v) is 2.24. The van der Waals surface area contributed by atoms with Crippen molar-refractivity contribution in [1.29, 1.82) is 0 Å². The maximum absolute atomic E-state index is 11.9. The Labute approximate surface area is 105 Å². The predicted molar refractivity (Wildman–Crippen MR) is 67.4 cm³/mol. The third kappa shape index (κ3) is 3.89. The Balaban J connectivity index is 2.75. The molecule has 6 heteroatoms. The van der Waals surface area contributed by atoms with Gasteiger partial charge in [0.05, 0.1) is 11.9 Å². The van der Waals surface area contributed by atoms with E-state index in [1.165, 1.54) is 12.3 Å². The number of amides is 2. The molecule has 2 N–H and O–H groups in total. The molecule has 0 unspecified atom stereocenters. The first-order valence-corrected chi connectivity index (χ1v) is 5.34. The highest BCUT2D eigenvalue weighted by atomic mass is 16.4. The summed E-state index contributed by atoms with van der Waals surface area (Å²) in [5, 5.41) is 11.3. The molecule has 0 fully saturated rings. The Hall–Kier alpha value is -2.37. The van der Waals surface area contributed by atoms with Gasteiger partial charge in [0.2, 0.25) is 0 Å². The molecule has 0 saturated carbocycles. The first kappa shape index (κ1) is 13.7. The van der Waals surface area contributed by atoms with Crippen molar-refractivity contribution in [2.24, 2.45) is 0 Å². The standard InChI is InChI=1S/C12H15N3O3/c1-3-6-15(8-11(16)17)12(18)14-10-7-13-5-4-9(10)2/h3-5,7H,1,6,8H2,2H3,(H,14,18)(H,16,17). The molecule has 0 aliphatic carbocycles. The monoisotopic (exact) mass is 249 g/mol. The molecule has 0 bridgehead atoms. The zero-order chi connectivity index (χ0) is 13.5. The van der Waals surface area contributed by atoms with E-state index in [2.05, 4.69) is 16.9 Å². The summed E-state index contributed by atoms with van der Waals surface area (Å²) in [6.45, 7) is 5.10. The van der Waals surface area contributed by atoms with Gasteiger partial charge < -0.3 is 15.3 Å². The minimum absolute atomic E-state index is 0.164. The highest BCUT2D eigenvalue weighted by molar-refractivity contribution is 5.91. The molecular formula is C12H15N3O3. The largest absolute Gasteiger partial charge is 0.480 e. The topological polar surface area (TPSA) is 82.5 Å². The lowest BCUT2D eigenvalue weighted by Gasteiger charge is -2.19. The van der Waals surface area contributed by atoms with E-state index in [1.54, 1.807) is 12.3 Å². The van der Waals surface area contributed by atoms with Gasteiger partial charge in [0.15, 0.2) is 0 Å². The van der Waals surface area contributed by atoms with Crippen LogP contribution in [0.2, 0.25) is 0 Å². The summed E-state index contributed by atoms with van der Waals surface area (Å²) < 4.78 is 0. The van der Waals surface area contributed by atoms with E-state index in [0.29, 0.717) is 5.69 Å². The minimum Gasteiger partial charge on any atom is -0.480 e. The van der Waals surface area contributed by atoms with Gasteiger partial charge in [-0.15, -0.1) is 6.58 Å². The van der Waals surface area contributed by atoms with E-state index < -0.39 is 12.0 Å². The number of carboxylic acids is 1. The maximum atomic E-state index is 11.9. The van der Waals surface area contributed by atoms with Crippen molar-refractivity contribution in [3.05, 3.63) is 36.7 Å². The first-order chi connectivity index (χ1) is 8.54. The predicted octanol–water partition coefficient (Wildman–Crippen LogP) is 1.49. The fraction of sp³-hybridized carbons (Fsp3) is 0.250. The molecule has 0 atom stereocenters. The smallest absolute Gasteiger partial charge is 0.323 e. The number of pyridine rings is 1. The van der Waals surface area contributed by atoms with Gasteiger partial charge in [-0.2, -0.15) is 0 Å². The molecule has 0 radical (unpaired) electrons. The van der Waals surface area contributed by atoms with Gasteiger partial charge in [0, 0.05) is 12.7 Å². The van der Waals surface area contributed by atoms with Crippen molar-refractivity contribution < 1.29 is 14.7 Å². The number of nitrogens with one attached hydrogen (secondary N) is 1. The van der Waals surface area contributed by atoms with E-state index in [4.69, 9.17) is 5.11 Å². The Morgan fingerprint density at radius 3 is 2.89 bits per heavy atom. The zero-order valence-electron chi connectivity index (χ0n) is 10.1. The van der Waals surface area contributed by atoms with E-state index >= 15 is 0 Å². The summed E-state index contributed by atoms with van der Waals surface area (Å²) in [6.07, 6.45) is 4.60. The lowest BCUT2D eigenvalue weighted by Crippen LogP contribution is -2.38. The first-order valence-electron chi connectivity index (χ1n) is 5.34. The van der Waals surface area contributed by atoms with Crippen molar-refractivity contribution in [2.75, 3.05) is 18.4 Å². The molecule has 1 aromatic rings. The van der Waals surface area contributed by atoms with Crippen LogP contribution in [-0.4, -0.2) is 40.1 Å². The molecule has 2 amide bonds. The van der Waals surface area contributed by atoms with Crippen LogP contribution in [0.25, 0.3) is 0 Å². The average molecular weight is 249 g/mol. The van der Waals surface area contributed by atoms with Crippen LogP contribution in [0.3, 0.4) is 0 Å². The molecule has 18 heavy (non-hydrogen) atoms. The highest BCUT2D eigenvalue weighted by Crippen LogP contribution is 2.12. The quantitative estimate of drug-likeness (QED) is 0.774. The number of nitrogens with zero attached hydrogens (tertiary/aromatic N) is 2. The van der Waals surface area contributed by atoms with Gasteiger partial charge in [0.25, 0.3) is 0 Å². The Morgan fingerprint density at radius 2 is 2.33 bits per heavy atom. The van der Waals surface area contributed by atoms with E-state index in [-0.39, 0.29) is 13.1 Å². The number of aromatic nitrogens is 1. The molecule has 0 saturated heterocycles. The van der Waals surface area contributed by atoms with Gasteiger partial charge in [-0.05, 0) is 18.6 Å². The normalized spacial score (nSPS) is 9.61. The van der Waals surface area contributed by atoms with Gasteiger partial charge >= 0.3 is 12.0 Å². The average Bonchev–Trinajstić information content (AvgIpc) is 2.31. The van der Waals surface area contributed by atoms with Gasteiger partial charge in [-0.1, -0.05) is 6.08 Å². The Bertz CT molecular complexity index is 460.